The Kier molecular flexibility index (Phi) is 2.95. The molecule has 1 aliphatic heterocycles. The number of fused-ring (bicyclic) bond motifs is 1. The molecule has 0 radical (unpaired) electrons. The first-order valence-corrected chi connectivity index (χ1v) is 6.77. The zero-order valence-electron chi connectivity index (χ0n) is 9.52. The van der Waals surface area contributed by atoms with Crippen LogP contribution in [0.3, 0.4) is 0 Å². The lowest BCUT2D eigenvalue weighted by atomic mass is 9.94. The van der Waals surface area contributed by atoms with Crippen LogP contribution in [-0.2, 0) is 4.74 Å². The Labute approximate surface area is 104 Å². The highest BCUT2D eigenvalue weighted by molar-refractivity contribution is 7.20. The van der Waals surface area contributed by atoms with Gasteiger partial charge in [-0.15, -0.1) is 11.3 Å². The summed E-state index contributed by atoms with van der Waals surface area (Å²) in [5.74, 6) is 0.464. The predicted octanol–water partition coefficient (Wildman–Crippen LogP) is 3.51. The van der Waals surface area contributed by atoms with Gasteiger partial charge in [-0.05, 0) is 30.4 Å². The number of hydrogen-bond acceptors (Lipinski definition) is 3. The van der Waals surface area contributed by atoms with Gasteiger partial charge in [-0.3, -0.25) is 4.79 Å². The van der Waals surface area contributed by atoms with E-state index in [1.54, 1.807) is 11.3 Å². The molecule has 0 saturated carbocycles. The highest BCUT2D eigenvalue weighted by atomic mass is 32.1. The zero-order chi connectivity index (χ0) is 11.7. The van der Waals surface area contributed by atoms with Crippen LogP contribution in [0.5, 0.6) is 0 Å². The monoisotopic (exact) mass is 246 g/mol. The van der Waals surface area contributed by atoms with Crippen LogP contribution < -0.4 is 0 Å². The van der Waals surface area contributed by atoms with E-state index >= 15 is 0 Å². The van der Waals surface area contributed by atoms with Crippen molar-refractivity contribution in [2.24, 2.45) is 5.92 Å². The molecule has 3 heteroatoms. The van der Waals surface area contributed by atoms with E-state index < -0.39 is 0 Å². The lowest BCUT2D eigenvalue weighted by molar-refractivity contribution is 0.0547. The number of rotatable bonds is 2. The van der Waals surface area contributed by atoms with Crippen LogP contribution in [0.2, 0.25) is 0 Å². The fourth-order valence-corrected chi connectivity index (χ4v) is 3.35. The molecule has 2 aromatic rings. The van der Waals surface area contributed by atoms with Crippen LogP contribution in [0.25, 0.3) is 10.1 Å². The van der Waals surface area contributed by atoms with E-state index in [9.17, 15) is 4.79 Å². The van der Waals surface area contributed by atoms with E-state index in [4.69, 9.17) is 4.74 Å². The molecule has 0 bridgehead atoms. The van der Waals surface area contributed by atoms with Gasteiger partial charge in [0, 0.05) is 23.8 Å². The SMILES string of the molecule is O=C(c1cc2ccccc2s1)C1CCOCC1. The normalized spacial score (nSPS) is 17.4. The Hall–Kier alpha value is -1.19. The number of hydrogen-bond donors (Lipinski definition) is 0. The summed E-state index contributed by atoms with van der Waals surface area (Å²) >= 11 is 1.61. The Morgan fingerprint density at radius 3 is 2.76 bits per heavy atom. The summed E-state index contributed by atoms with van der Waals surface area (Å²) in [6.07, 6.45) is 1.74. The fourth-order valence-electron chi connectivity index (χ4n) is 2.26. The third kappa shape index (κ3) is 2.13. The molecule has 0 amide bonds. The van der Waals surface area contributed by atoms with Gasteiger partial charge < -0.3 is 4.74 Å². The molecule has 0 unspecified atom stereocenters. The maximum absolute atomic E-state index is 12.3. The van der Waals surface area contributed by atoms with E-state index in [-0.39, 0.29) is 5.92 Å². The van der Waals surface area contributed by atoms with Gasteiger partial charge in [-0.2, -0.15) is 0 Å². The topological polar surface area (TPSA) is 26.3 Å². The van der Waals surface area contributed by atoms with Crippen LogP contribution in [0.1, 0.15) is 22.5 Å². The summed E-state index contributed by atoms with van der Waals surface area (Å²) in [5, 5.41) is 1.17. The number of ether oxygens (including phenoxy) is 1. The molecule has 0 N–H and O–H groups in total. The van der Waals surface area contributed by atoms with Gasteiger partial charge in [0.25, 0.3) is 0 Å². The molecule has 1 saturated heterocycles. The lowest BCUT2D eigenvalue weighted by Gasteiger charge is -2.19. The van der Waals surface area contributed by atoms with Gasteiger partial charge in [-0.25, -0.2) is 0 Å². The van der Waals surface area contributed by atoms with Gasteiger partial charge in [-0.1, -0.05) is 18.2 Å². The molecular formula is C14H14O2S. The maximum atomic E-state index is 12.3. The molecular weight excluding hydrogens is 232 g/mol. The molecule has 1 fully saturated rings. The standard InChI is InChI=1S/C14H14O2S/c15-14(10-5-7-16-8-6-10)13-9-11-3-1-2-4-12(11)17-13/h1-4,9-10H,5-8H2. The third-order valence-corrected chi connectivity index (χ3v) is 4.39. The van der Waals surface area contributed by atoms with Gasteiger partial charge in [0.1, 0.15) is 0 Å². The molecule has 2 heterocycles. The van der Waals surface area contributed by atoms with Crippen molar-refractivity contribution < 1.29 is 9.53 Å². The largest absolute Gasteiger partial charge is 0.381 e. The fraction of sp³-hybridized carbons (Fsp3) is 0.357. The molecule has 17 heavy (non-hydrogen) atoms. The Morgan fingerprint density at radius 1 is 1.24 bits per heavy atom. The highest BCUT2D eigenvalue weighted by Gasteiger charge is 2.24. The van der Waals surface area contributed by atoms with E-state index in [2.05, 4.69) is 12.1 Å². The Bertz CT molecular complexity index is 505. The summed E-state index contributed by atoms with van der Waals surface area (Å²) in [4.78, 5) is 13.2. The van der Waals surface area contributed by atoms with Crippen LogP contribution in [0.15, 0.2) is 30.3 Å². The summed E-state index contributed by atoms with van der Waals surface area (Å²) in [5.41, 5.74) is 0. The van der Waals surface area contributed by atoms with Crippen molar-refractivity contribution in [3.63, 3.8) is 0 Å². The van der Waals surface area contributed by atoms with Crippen LogP contribution in [-0.4, -0.2) is 19.0 Å². The lowest BCUT2D eigenvalue weighted by Crippen LogP contribution is -2.22. The summed E-state index contributed by atoms with van der Waals surface area (Å²) < 4.78 is 6.49. The minimum absolute atomic E-state index is 0.164. The van der Waals surface area contributed by atoms with Crippen molar-refractivity contribution in [2.45, 2.75) is 12.8 Å². The molecule has 2 nitrogen and oxygen atoms in total. The Balaban J connectivity index is 1.89. The van der Waals surface area contributed by atoms with Gasteiger partial charge in [0.2, 0.25) is 0 Å². The first kappa shape index (κ1) is 10.9. The molecule has 0 aliphatic carbocycles. The minimum atomic E-state index is 0.164. The number of benzene rings is 1. The van der Waals surface area contributed by atoms with Gasteiger partial charge >= 0.3 is 0 Å². The van der Waals surface area contributed by atoms with E-state index in [1.165, 1.54) is 10.1 Å². The zero-order valence-corrected chi connectivity index (χ0v) is 10.3. The van der Waals surface area contributed by atoms with E-state index in [1.807, 2.05) is 18.2 Å². The summed E-state index contributed by atoms with van der Waals surface area (Å²) in [7, 11) is 0. The molecule has 0 spiro atoms. The number of carbonyl (C=O) groups excluding carboxylic acids is 1. The first-order chi connectivity index (χ1) is 8.34. The van der Waals surface area contributed by atoms with Crippen molar-refractivity contribution in [1.29, 1.82) is 0 Å². The highest BCUT2D eigenvalue weighted by Crippen LogP contribution is 2.29. The molecule has 1 aromatic heterocycles. The molecule has 1 aliphatic rings. The quantitative estimate of drug-likeness (QED) is 0.758. The van der Waals surface area contributed by atoms with Crippen molar-refractivity contribution in [3.05, 3.63) is 35.2 Å². The van der Waals surface area contributed by atoms with Crippen molar-refractivity contribution in [3.8, 4) is 0 Å². The average Bonchev–Trinajstić information content (AvgIpc) is 2.82. The smallest absolute Gasteiger partial charge is 0.176 e. The van der Waals surface area contributed by atoms with Gasteiger partial charge in [0.15, 0.2) is 5.78 Å². The second kappa shape index (κ2) is 4.59. The third-order valence-electron chi connectivity index (χ3n) is 3.26. The number of Topliss-reactive ketones (excluding diaryl/α,β-unsaturated/α-hetero) is 1. The Morgan fingerprint density at radius 2 is 2.00 bits per heavy atom. The van der Waals surface area contributed by atoms with E-state index in [0.717, 1.165) is 30.9 Å². The number of ketones is 1. The number of carbonyl (C=O) groups is 1. The average molecular weight is 246 g/mol. The first-order valence-electron chi connectivity index (χ1n) is 5.95. The molecule has 0 atom stereocenters. The second-order valence-electron chi connectivity index (χ2n) is 4.40. The van der Waals surface area contributed by atoms with Crippen LogP contribution in [0, 0.1) is 5.92 Å². The summed E-state index contributed by atoms with van der Waals surface area (Å²) in [6, 6.07) is 10.2. The minimum Gasteiger partial charge on any atom is -0.381 e. The predicted molar refractivity (Wildman–Crippen MR) is 69.7 cm³/mol. The van der Waals surface area contributed by atoms with Crippen LogP contribution in [0.4, 0.5) is 0 Å². The van der Waals surface area contributed by atoms with E-state index in [0.29, 0.717) is 5.78 Å². The molecule has 3 rings (SSSR count). The number of thiophene rings is 1. The van der Waals surface area contributed by atoms with Crippen molar-refractivity contribution >= 4 is 27.2 Å². The molecule has 1 aromatic carbocycles. The molecule has 88 valence electrons. The maximum Gasteiger partial charge on any atom is 0.176 e. The summed E-state index contributed by atoms with van der Waals surface area (Å²) in [6.45, 7) is 1.45. The van der Waals surface area contributed by atoms with Crippen LogP contribution >= 0.6 is 11.3 Å². The van der Waals surface area contributed by atoms with Gasteiger partial charge in [0.05, 0.1) is 4.88 Å². The second-order valence-corrected chi connectivity index (χ2v) is 5.48. The van der Waals surface area contributed by atoms with Crippen molar-refractivity contribution in [1.82, 2.24) is 0 Å². The van der Waals surface area contributed by atoms with Crippen molar-refractivity contribution in [2.75, 3.05) is 13.2 Å².